The van der Waals surface area contributed by atoms with E-state index in [9.17, 15) is 9.90 Å². The Morgan fingerprint density at radius 3 is 2.69 bits per heavy atom. The number of likely N-dealkylation sites (tertiary alicyclic amines) is 1. The topological polar surface area (TPSA) is 78.3 Å². The molecule has 0 spiro atoms. The average Bonchev–Trinajstić information content (AvgIpc) is 3.10. The monoisotopic (exact) mass is 354 g/mol. The van der Waals surface area contributed by atoms with Gasteiger partial charge in [-0.05, 0) is 45.3 Å². The van der Waals surface area contributed by atoms with Crippen LogP contribution >= 0.6 is 0 Å². The lowest BCUT2D eigenvalue weighted by Crippen LogP contribution is -2.26. The number of anilines is 1. The zero-order valence-electron chi connectivity index (χ0n) is 15.5. The Bertz CT molecular complexity index is 785. The van der Waals surface area contributed by atoms with Crippen molar-refractivity contribution in [1.29, 1.82) is 0 Å². The molecular formula is C20H26N4O2. The molecule has 0 saturated carbocycles. The van der Waals surface area contributed by atoms with Crippen LogP contribution in [0.25, 0.3) is 0 Å². The lowest BCUT2D eigenvalue weighted by atomic mass is 10.1. The van der Waals surface area contributed by atoms with Gasteiger partial charge >= 0.3 is 5.97 Å². The van der Waals surface area contributed by atoms with Crippen molar-refractivity contribution in [3.05, 3.63) is 52.5 Å². The SMILES string of the molecule is Cc1cccc(Cc2nc(C(=O)O)c(C)nc2NCCN2CCCC2)c1. The number of carboxylic acid groups (broad SMARTS) is 1. The van der Waals surface area contributed by atoms with E-state index in [-0.39, 0.29) is 5.69 Å². The van der Waals surface area contributed by atoms with Gasteiger partial charge in [0, 0.05) is 19.5 Å². The van der Waals surface area contributed by atoms with Crippen molar-refractivity contribution in [2.24, 2.45) is 0 Å². The second kappa shape index (κ2) is 8.27. The smallest absolute Gasteiger partial charge is 0.356 e. The van der Waals surface area contributed by atoms with E-state index in [2.05, 4.69) is 26.3 Å². The van der Waals surface area contributed by atoms with Gasteiger partial charge in [-0.2, -0.15) is 0 Å². The van der Waals surface area contributed by atoms with Gasteiger partial charge < -0.3 is 15.3 Å². The summed E-state index contributed by atoms with van der Waals surface area (Å²) in [5.41, 5.74) is 3.42. The number of carbonyl (C=O) groups is 1. The van der Waals surface area contributed by atoms with Crippen LogP contribution in [0.2, 0.25) is 0 Å². The minimum Gasteiger partial charge on any atom is -0.476 e. The van der Waals surface area contributed by atoms with Crippen molar-refractivity contribution in [1.82, 2.24) is 14.9 Å². The zero-order chi connectivity index (χ0) is 18.5. The fourth-order valence-electron chi connectivity index (χ4n) is 3.38. The maximum atomic E-state index is 11.5. The molecule has 2 heterocycles. The first kappa shape index (κ1) is 18.3. The molecule has 2 aromatic rings. The maximum Gasteiger partial charge on any atom is 0.356 e. The molecule has 1 aromatic heterocycles. The highest BCUT2D eigenvalue weighted by Gasteiger charge is 2.17. The molecule has 6 nitrogen and oxygen atoms in total. The van der Waals surface area contributed by atoms with E-state index in [1.807, 2.05) is 25.1 Å². The van der Waals surface area contributed by atoms with Crippen molar-refractivity contribution in [3.63, 3.8) is 0 Å². The number of hydrogen-bond acceptors (Lipinski definition) is 5. The molecule has 0 unspecified atom stereocenters. The predicted octanol–water partition coefficient (Wildman–Crippen LogP) is 2.89. The Morgan fingerprint density at radius 1 is 1.23 bits per heavy atom. The van der Waals surface area contributed by atoms with Gasteiger partial charge in [0.2, 0.25) is 0 Å². The van der Waals surface area contributed by atoms with Gasteiger partial charge in [0.1, 0.15) is 5.82 Å². The molecule has 26 heavy (non-hydrogen) atoms. The highest BCUT2D eigenvalue weighted by Crippen LogP contribution is 2.19. The van der Waals surface area contributed by atoms with E-state index in [4.69, 9.17) is 0 Å². The van der Waals surface area contributed by atoms with Gasteiger partial charge in [-0.1, -0.05) is 29.8 Å². The van der Waals surface area contributed by atoms with Crippen LogP contribution in [-0.4, -0.2) is 52.1 Å². The molecule has 1 fully saturated rings. The predicted molar refractivity (Wildman–Crippen MR) is 102 cm³/mol. The molecule has 3 rings (SSSR count). The highest BCUT2D eigenvalue weighted by atomic mass is 16.4. The molecule has 0 bridgehead atoms. The summed E-state index contributed by atoms with van der Waals surface area (Å²) >= 11 is 0. The molecule has 6 heteroatoms. The minimum absolute atomic E-state index is 0.0257. The maximum absolute atomic E-state index is 11.5. The van der Waals surface area contributed by atoms with E-state index in [0.29, 0.717) is 23.6 Å². The van der Waals surface area contributed by atoms with Gasteiger partial charge in [-0.15, -0.1) is 0 Å². The Labute approximate surface area is 154 Å². The first-order chi connectivity index (χ1) is 12.5. The van der Waals surface area contributed by atoms with E-state index >= 15 is 0 Å². The van der Waals surface area contributed by atoms with Crippen LogP contribution in [0, 0.1) is 13.8 Å². The van der Waals surface area contributed by atoms with Gasteiger partial charge in [-0.3, -0.25) is 0 Å². The van der Waals surface area contributed by atoms with Crippen molar-refractivity contribution in [2.75, 3.05) is 31.5 Å². The Balaban J connectivity index is 1.80. The van der Waals surface area contributed by atoms with E-state index in [1.54, 1.807) is 6.92 Å². The summed E-state index contributed by atoms with van der Waals surface area (Å²) in [6.07, 6.45) is 3.09. The molecule has 1 aliphatic heterocycles. The molecule has 0 radical (unpaired) electrons. The number of nitrogens with zero attached hydrogens (tertiary/aromatic N) is 3. The number of aryl methyl sites for hydroxylation is 2. The summed E-state index contributed by atoms with van der Waals surface area (Å²) < 4.78 is 0. The Hall–Kier alpha value is -2.47. The van der Waals surface area contributed by atoms with Crippen LogP contribution < -0.4 is 5.32 Å². The third-order valence-electron chi connectivity index (χ3n) is 4.72. The van der Waals surface area contributed by atoms with Gasteiger partial charge in [0.25, 0.3) is 0 Å². The molecular weight excluding hydrogens is 328 g/mol. The number of hydrogen-bond donors (Lipinski definition) is 2. The molecule has 0 amide bonds. The summed E-state index contributed by atoms with van der Waals surface area (Å²) in [5.74, 6) is -0.350. The van der Waals surface area contributed by atoms with E-state index in [0.717, 1.165) is 31.7 Å². The van der Waals surface area contributed by atoms with Crippen LogP contribution in [0.5, 0.6) is 0 Å². The summed E-state index contributed by atoms with van der Waals surface area (Å²) in [6.45, 7) is 7.79. The standard InChI is InChI=1S/C20H26N4O2/c1-14-6-5-7-16(12-14)13-17-19(21-8-11-24-9-3-4-10-24)22-15(2)18(23-17)20(25)26/h5-7,12H,3-4,8-11,13H2,1-2H3,(H,21,22)(H,25,26). The van der Waals surface area contributed by atoms with E-state index in [1.165, 1.54) is 18.4 Å². The van der Waals surface area contributed by atoms with Crippen molar-refractivity contribution >= 4 is 11.8 Å². The van der Waals surface area contributed by atoms with Crippen LogP contribution in [0.4, 0.5) is 5.82 Å². The van der Waals surface area contributed by atoms with E-state index < -0.39 is 5.97 Å². The number of benzene rings is 1. The summed E-state index contributed by atoms with van der Waals surface area (Å²) in [4.78, 5) is 22.8. The number of aromatic nitrogens is 2. The largest absolute Gasteiger partial charge is 0.476 e. The van der Waals surface area contributed by atoms with Crippen molar-refractivity contribution < 1.29 is 9.90 Å². The normalized spacial score (nSPS) is 14.5. The third-order valence-corrected chi connectivity index (χ3v) is 4.72. The summed E-state index contributed by atoms with van der Waals surface area (Å²) in [6, 6.07) is 8.17. The quantitative estimate of drug-likeness (QED) is 0.796. The molecule has 1 aromatic carbocycles. The number of rotatable bonds is 7. The first-order valence-corrected chi connectivity index (χ1v) is 9.15. The zero-order valence-corrected chi connectivity index (χ0v) is 15.5. The molecule has 0 aliphatic carbocycles. The van der Waals surface area contributed by atoms with Crippen molar-refractivity contribution in [2.45, 2.75) is 33.1 Å². The van der Waals surface area contributed by atoms with Crippen LogP contribution in [0.1, 0.15) is 45.8 Å². The molecule has 1 saturated heterocycles. The van der Waals surface area contributed by atoms with Crippen LogP contribution in [-0.2, 0) is 6.42 Å². The lowest BCUT2D eigenvalue weighted by molar-refractivity contribution is 0.0688. The number of aromatic carboxylic acids is 1. The summed E-state index contributed by atoms with van der Waals surface area (Å²) in [5, 5.41) is 12.8. The Kier molecular flexibility index (Phi) is 5.83. The van der Waals surface area contributed by atoms with Gasteiger partial charge in [0.05, 0.1) is 11.4 Å². The second-order valence-electron chi connectivity index (χ2n) is 6.90. The van der Waals surface area contributed by atoms with Crippen molar-refractivity contribution in [3.8, 4) is 0 Å². The average molecular weight is 354 g/mol. The Morgan fingerprint density at radius 2 is 2.00 bits per heavy atom. The molecule has 138 valence electrons. The van der Waals surface area contributed by atoms with Gasteiger partial charge in [-0.25, -0.2) is 14.8 Å². The lowest BCUT2D eigenvalue weighted by Gasteiger charge is -2.17. The molecule has 2 N–H and O–H groups in total. The van der Waals surface area contributed by atoms with Gasteiger partial charge in [0.15, 0.2) is 5.69 Å². The molecule has 1 aliphatic rings. The third kappa shape index (κ3) is 4.58. The molecule has 0 atom stereocenters. The minimum atomic E-state index is -1.04. The fraction of sp³-hybridized carbons (Fsp3) is 0.450. The van der Waals surface area contributed by atoms with Crippen LogP contribution in [0.3, 0.4) is 0 Å². The highest BCUT2D eigenvalue weighted by molar-refractivity contribution is 5.86. The second-order valence-corrected chi connectivity index (χ2v) is 6.90. The summed E-state index contributed by atoms with van der Waals surface area (Å²) in [7, 11) is 0. The number of carboxylic acids is 1. The fourth-order valence-corrected chi connectivity index (χ4v) is 3.38. The van der Waals surface area contributed by atoms with Crippen LogP contribution in [0.15, 0.2) is 24.3 Å². The first-order valence-electron chi connectivity index (χ1n) is 9.15. The number of nitrogens with one attached hydrogen (secondary N) is 1.